The summed E-state index contributed by atoms with van der Waals surface area (Å²) in [4.78, 5) is 28.4. The highest BCUT2D eigenvalue weighted by Crippen LogP contribution is 2.43. The summed E-state index contributed by atoms with van der Waals surface area (Å²) < 4.78 is 25.8. The fraction of sp³-hybridized carbons (Fsp3) is 0.0833. The van der Waals surface area contributed by atoms with Crippen molar-refractivity contribution in [1.29, 1.82) is 0 Å². The van der Waals surface area contributed by atoms with Gasteiger partial charge in [0.15, 0.2) is 5.43 Å². The molecule has 3 aromatic carbocycles. The van der Waals surface area contributed by atoms with Gasteiger partial charge in [-0.15, -0.1) is 0 Å². The summed E-state index contributed by atoms with van der Waals surface area (Å²) in [6, 6.07) is 15.1. The van der Waals surface area contributed by atoms with Gasteiger partial charge in [-0.3, -0.25) is 14.5 Å². The number of benzene rings is 3. The Kier molecular flexibility index (Phi) is 5.03. The number of hydrogen-bond acceptors (Lipinski definition) is 4. The number of rotatable bonds is 3. The first-order chi connectivity index (χ1) is 15.4. The Morgan fingerprint density at radius 2 is 1.81 bits per heavy atom. The molecule has 0 saturated heterocycles. The van der Waals surface area contributed by atoms with E-state index in [4.69, 9.17) is 20.8 Å². The lowest BCUT2D eigenvalue weighted by Crippen LogP contribution is -2.29. The van der Waals surface area contributed by atoms with E-state index in [1.807, 2.05) is 24.3 Å². The fourth-order valence-electron chi connectivity index (χ4n) is 3.98. The summed E-state index contributed by atoms with van der Waals surface area (Å²) in [5.74, 6) is -0.672. The second-order valence-electron chi connectivity index (χ2n) is 7.26. The van der Waals surface area contributed by atoms with Crippen LogP contribution < -0.4 is 15.1 Å². The maximum absolute atomic E-state index is 13.9. The Labute approximate surface area is 195 Å². The van der Waals surface area contributed by atoms with Crippen LogP contribution in [0.3, 0.4) is 0 Å². The molecule has 0 saturated carbocycles. The number of amides is 1. The van der Waals surface area contributed by atoms with Crippen molar-refractivity contribution < 1.29 is 18.3 Å². The molecule has 0 spiro atoms. The molecule has 1 unspecified atom stereocenters. The summed E-state index contributed by atoms with van der Waals surface area (Å²) >= 11 is 9.72. The zero-order valence-electron chi connectivity index (χ0n) is 16.6. The van der Waals surface area contributed by atoms with Crippen LogP contribution in [0.15, 0.2) is 74.3 Å². The third-order valence-electron chi connectivity index (χ3n) is 5.43. The van der Waals surface area contributed by atoms with Crippen LogP contribution in [-0.4, -0.2) is 13.0 Å². The van der Waals surface area contributed by atoms with Crippen molar-refractivity contribution in [3.8, 4) is 5.75 Å². The highest BCUT2D eigenvalue weighted by molar-refractivity contribution is 9.10. The molecule has 0 bridgehead atoms. The molecular weight excluding hydrogens is 501 g/mol. The van der Waals surface area contributed by atoms with Gasteiger partial charge < -0.3 is 9.15 Å². The third kappa shape index (κ3) is 3.20. The molecule has 8 heteroatoms. The summed E-state index contributed by atoms with van der Waals surface area (Å²) in [6.45, 7) is 0. The van der Waals surface area contributed by atoms with E-state index in [-0.39, 0.29) is 22.3 Å². The van der Waals surface area contributed by atoms with Gasteiger partial charge in [0.1, 0.15) is 17.1 Å². The van der Waals surface area contributed by atoms with Crippen molar-refractivity contribution in [2.45, 2.75) is 6.04 Å². The van der Waals surface area contributed by atoms with Crippen LogP contribution in [0, 0.1) is 5.82 Å². The number of nitrogens with zero attached hydrogens (tertiary/aromatic N) is 1. The molecule has 1 aromatic heterocycles. The van der Waals surface area contributed by atoms with Crippen molar-refractivity contribution in [2.24, 2.45) is 0 Å². The Morgan fingerprint density at radius 1 is 1.06 bits per heavy atom. The molecule has 1 atom stereocenters. The van der Waals surface area contributed by atoms with E-state index in [1.165, 1.54) is 24.1 Å². The first kappa shape index (κ1) is 20.7. The van der Waals surface area contributed by atoms with Gasteiger partial charge in [-0.2, -0.15) is 0 Å². The van der Waals surface area contributed by atoms with Crippen molar-refractivity contribution in [3.63, 3.8) is 0 Å². The summed E-state index contributed by atoms with van der Waals surface area (Å²) in [6.07, 6.45) is 0. The van der Waals surface area contributed by atoms with E-state index >= 15 is 0 Å². The maximum atomic E-state index is 13.9. The zero-order valence-corrected chi connectivity index (χ0v) is 18.9. The molecule has 1 aliphatic heterocycles. The van der Waals surface area contributed by atoms with E-state index in [0.29, 0.717) is 22.0 Å². The molecule has 0 N–H and O–H groups in total. The number of methoxy groups -OCH3 is 1. The van der Waals surface area contributed by atoms with Gasteiger partial charge in [-0.1, -0.05) is 39.7 Å². The lowest BCUT2D eigenvalue weighted by molar-refractivity contribution is 0.0971. The van der Waals surface area contributed by atoms with Crippen LogP contribution >= 0.6 is 27.5 Å². The maximum Gasteiger partial charge on any atom is 0.295 e. The van der Waals surface area contributed by atoms with E-state index in [9.17, 15) is 14.0 Å². The van der Waals surface area contributed by atoms with Crippen molar-refractivity contribution in [2.75, 3.05) is 12.0 Å². The minimum Gasteiger partial charge on any atom is -0.495 e. The van der Waals surface area contributed by atoms with Crippen LogP contribution in [0.5, 0.6) is 5.75 Å². The first-order valence-electron chi connectivity index (χ1n) is 9.58. The Morgan fingerprint density at radius 3 is 2.50 bits per heavy atom. The molecule has 5 rings (SSSR count). The molecule has 0 aliphatic carbocycles. The molecule has 0 radical (unpaired) electrons. The molecular formula is C24H14BrClFNO4. The number of hydrogen-bond donors (Lipinski definition) is 0. The lowest BCUT2D eigenvalue weighted by atomic mass is 9.98. The zero-order chi connectivity index (χ0) is 22.6. The SMILES string of the molecule is COc1ccc(N2C(=O)c3oc4ccc(F)cc4c(=O)c3C2c2ccc(Br)cc2)cc1Cl. The smallest absolute Gasteiger partial charge is 0.295 e. The van der Waals surface area contributed by atoms with Gasteiger partial charge in [0.2, 0.25) is 5.76 Å². The topological polar surface area (TPSA) is 59.8 Å². The Balaban J connectivity index is 1.80. The van der Waals surface area contributed by atoms with Gasteiger partial charge >= 0.3 is 0 Å². The number of anilines is 1. The second-order valence-corrected chi connectivity index (χ2v) is 8.59. The quantitative estimate of drug-likeness (QED) is 0.331. The Hall–Kier alpha value is -3.16. The van der Waals surface area contributed by atoms with Gasteiger partial charge in [0, 0.05) is 10.2 Å². The predicted octanol–water partition coefficient (Wildman–Crippen LogP) is 6.11. The standard InChI is InChI=1S/C24H14BrClFNO4/c1-31-19-9-7-15(11-17(19)26)28-21(12-2-4-13(25)5-3-12)20-22(29)16-10-14(27)6-8-18(16)32-23(20)24(28)30/h2-11,21H,1H3. The minimum absolute atomic E-state index is 0.0750. The molecule has 2 heterocycles. The van der Waals surface area contributed by atoms with Crippen LogP contribution in [0.25, 0.3) is 11.0 Å². The number of ether oxygens (including phenoxy) is 1. The molecule has 1 amide bonds. The monoisotopic (exact) mass is 513 g/mol. The molecule has 4 aromatic rings. The lowest BCUT2D eigenvalue weighted by Gasteiger charge is -2.25. The van der Waals surface area contributed by atoms with Gasteiger partial charge in [0.25, 0.3) is 5.91 Å². The molecule has 1 aliphatic rings. The van der Waals surface area contributed by atoms with E-state index in [2.05, 4.69) is 15.9 Å². The number of fused-ring (bicyclic) bond motifs is 2. The van der Waals surface area contributed by atoms with Gasteiger partial charge in [-0.25, -0.2) is 4.39 Å². The third-order valence-corrected chi connectivity index (χ3v) is 6.26. The fourth-order valence-corrected chi connectivity index (χ4v) is 4.49. The normalized spacial score (nSPS) is 15.3. The Bertz CT molecular complexity index is 1450. The number of halogens is 3. The van der Waals surface area contributed by atoms with Crippen LogP contribution in [0.1, 0.15) is 27.7 Å². The van der Waals surface area contributed by atoms with Gasteiger partial charge in [-0.05, 0) is 54.1 Å². The first-order valence-corrected chi connectivity index (χ1v) is 10.7. The average molecular weight is 515 g/mol. The summed E-state index contributed by atoms with van der Waals surface area (Å²) in [7, 11) is 1.50. The highest BCUT2D eigenvalue weighted by Gasteiger charge is 2.43. The summed E-state index contributed by atoms with van der Waals surface area (Å²) in [5, 5.41) is 0.392. The van der Waals surface area contributed by atoms with Crippen molar-refractivity contribution in [3.05, 3.63) is 103 Å². The predicted molar refractivity (Wildman–Crippen MR) is 123 cm³/mol. The molecule has 0 fully saturated rings. The van der Waals surface area contributed by atoms with Crippen molar-refractivity contribution in [1.82, 2.24) is 0 Å². The average Bonchev–Trinajstić information content (AvgIpc) is 3.07. The molecule has 32 heavy (non-hydrogen) atoms. The van der Waals surface area contributed by atoms with Crippen LogP contribution in [0.4, 0.5) is 10.1 Å². The molecule has 5 nitrogen and oxygen atoms in total. The largest absolute Gasteiger partial charge is 0.495 e. The van der Waals surface area contributed by atoms with Crippen LogP contribution in [-0.2, 0) is 0 Å². The highest BCUT2D eigenvalue weighted by atomic mass is 79.9. The number of carbonyl (C=O) groups is 1. The number of carbonyl (C=O) groups excluding carboxylic acids is 1. The van der Waals surface area contributed by atoms with E-state index < -0.39 is 23.2 Å². The minimum atomic E-state index is -0.779. The van der Waals surface area contributed by atoms with Crippen LogP contribution in [0.2, 0.25) is 5.02 Å². The van der Waals surface area contributed by atoms with Crippen molar-refractivity contribution >= 4 is 50.1 Å². The van der Waals surface area contributed by atoms with Gasteiger partial charge in [0.05, 0.1) is 29.1 Å². The van der Waals surface area contributed by atoms with E-state index in [0.717, 1.165) is 10.5 Å². The van der Waals surface area contributed by atoms with E-state index in [1.54, 1.807) is 18.2 Å². The molecule has 160 valence electrons. The summed E-state index contributed by atoms with van der Waals surface area (Å²) in [5.41, 5.74) is 1.00. The second kappa shape index (κ2) is 7.76.